The molecule has 0 unspecified atom stereocenters. The second-order valence-corrected chi connectivity index (χ2v) is 5.71. The first kappa shape index (κ1) is 16.3. The fraction of sp³-hybridized carbons (Fsp3) is 0.400. The van der Waals surface area contributed by atoms with Crippen molar-refractivity contribution in [2.45, 2.75) is 19.8 Å². The quantitative estimate of drug-likeness (QED) is 0.322. The van der Waals surface area contributed by atoms with Crippen LogP contribution in [-0.2, 0) is 16.0 Å². The van der Waals surface area contributed by atoms with Crippen molar-refractivity contribution in [3.8, 4) is 11.5 Å². The molecule has 0 amide bonds. The van der Waals surface area contributed by atoms with Crippen molar-refractivity contribution in [1.29, 1.82) is 0 Å². The number of aryl methyl sites for hydroxylation is 1. The predicted octanol–water partition coefficient (Wildman–Crippen LogP) is 0.746. The summed E-state index contributed by atoms with van der Waals surface area (Å²) in [6.45, 7) is 5.56. The van der Waals surface area contributed by atoms with E-state index in [0.29, 0.717) is 12.2 Å². The molecule has 0 radical (unpaired) electrons. The van der Waals surface area contributed by atoms with Crippen LogP contribution >= 0.6 is 0 Å². The molecule has 0 aromatic heterocycles. The number of hydrogen-bond acceptors (Lipinski definition) is 4. The van der Waals surface area contributed by atoms with E-state index < -0.39 is 0 Å². The average molecular weight is 294 g/mol. The highest BCUT2D eigenvalue weighted by Gasteiger charge is 2.12. The summed E-state index contributed by atoms with van der Waals surface area (Å²) in [5, 5.41) is 1.17. The van der Waals surface area contributed by atoms with E-state index >= 15 is 0 Å². The maximum Gasteiger partial charge on any atom is 0.333 e. The highest BCUT2D eigenvalue weighted by molar-refractivity contribution is 6.34. The van der Waals surface area contributed by atoms with Gasteiger partial charge in [0.15, 0.2) is 11.5 Å². The Hall–Kier alpha value is -1.75. The molecule has 0 heterocycles. The Kier molecular flexibility index (Phi) is 6.31. The van der Waals surface area contributed by atoms with E-state index in [2.05, 4.69) is 12.6 Å². The van der Waals surface area contributed by atoms with Crippen LogP contribution in [0.4, 0.5) is 0 Å². The van der Waals surface area contributed by atoms with Crippen molar-refractivity contribution in [3.63, 3.8) is 0 Å². The third-order valence-corrected chi connectivity index (χ3v) is 3.76. The van der Waals surface area contributed by atoms with Gasteiger partial charge in [-0.15, -0.1) is 0 Å². The van der Waals surface area contributed by atoms with Crippen LogP contribution in [0.1, 0.15) is 18.9 Å². The van der Waals surface area contributed by atoms with Crippen LogP contribution in [0.25, 0.3) is 0 Å². The van der Waals surface area contributed by atoms with Gasteiger partial charge in [0, 0.05) is 15.8 Å². The minimum atomic E-state index is -0.343. The fourth-order valence-electron chi connectivity index (χ4n) is 1.93. The van der Waals surface area contributed by atoms with Crippen molar-refractivity contribution in [3.05, 3.63) is 29.8 Å². The molecule has 0 N–H and O–H groups in total. The lowest BCUT2D eigenvalue weighted by Crippen LogP contribution is -2.11. The van der Waals surface area contributed by atoms with E-state index in [1.54, 1.807) is 21.1 Å². The van der Waals surface area contributed by atoms with Crippen LogP contribution in [0.5, 0.6) is 11.5 Å². The van der Waals surface area contributed by atoms with Gasteiger partial charge in [-0.05, 0) is 30.5 Å². The number of ether oxygens (including phenoxy) is 3. The summed E-state index contributed by atoms with van der Waals surface area (Å²) in [6.07, 6.45) is 1.50. The third-order valence-electron chi connectivity index (χ3n) is 2.97. The first-order valence-electron chi connectivity index (χ1n) is 6.54. The number of hydrogen-bond donors (Lipinski definition) is 0. The number of esters is 1. The standard InChI is InChI=1S/C15H22O4Si/c1-10(2)15(16)19-9-5-6-11-7-8-12(20)14(18-4)13(11)17-3/h7-8H,1,5-6,9H2,2-4,20H3. The summed E-state index contributed by atoms with van der Waals surface area (Å²) in [5.74, 6) is 1.26. The van der Waals surface area contributed by atoms with Crippen LogP contribution in [0.2, 0.25) is 0 Å². The van der Waals surface area contributed by atoms with Crippen LogP contribution in [0.15, 0.2) is 24.3 Å². The van der Waals surface area contributed by atoms with Gasteiger partial charge in [-0.2, -0.15) is 0 Å². The maximum atomic E-state index is 11.3. The molecule has 0 bridgehead atoms. The molecule has 0 aliphatic carbocycles. The van der Waals surface area contributed by atoms with Crippen molar-refractivity contribution in [2.24, 2.45) is 0 Å². The van der Waals surface area contributed by atoms with Gasteiger partial charge in [0.05, 0.1) is 20.8 Å². The van der Waals surface area contributed by atoms with Gasteiger partial charge < -0.3 is 14.2 Å². The van der Waals surface area contributed by atoms with Crippen LogP contribution in [-0.4, -0.2) is 37.0 Å². The van der Waals surface area contributed by atoms with Crippen molar-refractivity contribution >= 4 is 21.4 Å². The summed E-state index contributed by atoms with van der Waals surface area (Å²) in [6, 6.07) is 4.10. The van der Waals surface area contributed by atoms with E-state index in [1.807, 2.05) is 6.07 Å². The normalized spacial score (nSPS) is 10.2. The summed E-state index contributed by atoms with van der Waals surface area (Å²) in [7, 11) is 4.20. The molecule has 5 heteroatoms. The van der Waals surface area contributed by atoms with Gasteiger partial charge in [-0.3, -0.25) is 0 Å². The second kappa shape index (κ2) is 7.74. The molecule has 0 aliphatic rings. The molecular formula is C15H22O4Si. The van der Waals surface area contributed by atoms with Gasteiger partial charge in [0.1, 0.15) is 0 Å². The fourth-order valence-corrected chi connectivity index (χ4v) is 2.52. The Bertz CT molecular complexity index is 497. The second-order valence-electron chi connectivity index (χ2n) is 4.63. The molecule has 0 saturated carbocycles. The summed E-state index contributed by atoms with van der Waals surface area (Å²) in [5.41, 5.74) is 1.49. The van der Waals surface area contributed by atoms with Crippen LogP contribution < -0.4 is 14.7 Å². The Labute approximate surface area is 123 Å². The van der Waals surface area contributed by atoms with E-state index in [-0.39, 0.29) is 5.97 Å². The molecule has 1 rings (SSSR count). The van der Waals surface area contributed by atoms with E-state index in [9.17, 15) is 4.79 Å². The summed E-state index contributed by atoms with van der Waals surface area (Å²) in [4.78, 5) is 11.3. The Morgan fingerprint density at radius 1 is 1.25 bits per heavy atom. The molecule has 1 aromatic rings. The van der Waals surface area contributed by atoms with Gasteiger partial charge in [-0.1, -0.05) is 18.7 Å². The first-order valence-corrected chi connectivity index (χ1v) is 7.54. The molecule has 0 atom stereocenters. The molecule has 4 nitrogen and oxygen atoms in total. The number of carbonyl (C=O) groups is 1. The molecular weight excluding hydrogens is 272 g/mol. The Morgan fingerprint density at radius 3 is 2.45 bits per heavy atom. The molecule has 0 saturated heterocycles. The Morgan fingerprint density at radius 2 is 1.90 bits per heavy atom. The van der Waals surface area contributed by atoms with E-state index in [0.717, 1.165) is 40.1 Å². The molecule has 0 spiro atoms. The topological polar surface area (TPSA) is 44.8 Å². The molecule has 110 valence electrons. The monoisotopic (exact) mass is 294 g/mol. The summed E-state index contributed by atoms with van der Waals surface area (Å²) >= 11 is 0. The van der Waals surface area contributed by atoms with Gasteiger partial charge >= 0.3 is 5.97 Å². The minimum absolute atomic E-state index is 0.343. The number of benzene rings is 1. The van der Waals surface area contributed by atoms with Crippen molar-refractivity contribution < 1.29 is 19.0 Å². The largest absolute Gasteiger partial charge is 0.493 e. The van der Waals surface area contributed by atoms with Gasteiger partial charge in [0.25, 0.3) is 0 Å². The number of methoxy groups -OCH3 is 2. The lowest BCUT2D eigenvalue weighted by Gasteiger charge is -2.15. The lowest BCUT2D eigenvalue weighted by molar-refractivity contribution is -0.139. The van der Waals surface area contributed by atoms with Crippen molar-refractivity contribution in [1.82, 2.24) is 0 Å². The molecule has 20 heavy (non-hydrogen) atoms. The highest BCUT2D eigenvalue weighted by Crippen LogP contribution is 2.29. The molecule has 0 fully saturated rings. The third kappa shape index (κ3) is 4.13. The smallest absolute Gasteiger partial charge is 0.333 e. The highest BCUT2D eigenvalue weighted by atomic mass is 28.1. The zero-order valence-corrected chi connectivity index (χ0v) is 14.6. The van der Waals surface area contributed by atoms with Crippen LogP contribution in [0, 0.1) is 0 Å². The maximum absolute atomic E-state index is 11.3. The molecule has 1 aromatic carbocycles. The first-order chi connectivity index (χ1) is 9.51. The zero-order chi connectivity index (χ0) is 15.1. The zero-order valence-electron chi connectivity index (χ0n) is 12.6. The predicted molar refractivity (Wildman–Crippen MR) is 83.2 cm³/mol. The van der Waals surface area contributed by atoms with E-state index in [1.165, 1.54) is 5.19 Å². The Balaban J connectivity index is 2.64. The average Bonchev–Trinajstić information content (AvgIpc) is 2.43. The van der Waals surface area contributed by atoms with Crippen molar-refractivity contribution in [2.75, 3.05) is 20.8 Å². The van der Waals surface area contributed by atoms with Crippen LogP contribution in [0.3, 0.4) is 0 Å². The minimum Gasteiger partial charge on any atom is -0.493 e. The molecule has 0 aliphatic heterocycles. The lowest BCUT2D eigenvalue weighted by atomic mass is 10.1. The van der Waals surface area contributed by atoms with Gasteiger partial charge in [-0.25, -0.2) is 4.79 Å². The van der Waals surface area contributed by atoms with E-state index in [4.69, 9.17) is 14.2 Å². The number of carbonyl (C=O) groups excluding carboxylic acids is 1. The SMILES string of the molecule is C=C(C)C(=O)OCCCc1ccc([SiH3])c(OC)c1OC. The number of rotatable bonds is 7. The van der Waals surface area contributed by atoms with Gasteiger partial charge in [0.2, 0.25) is 0 Å². The summed E-state index contributed by atoms with van der Waals surface area (Å²) < 4.78 is 15.9.